The third-order valence-electron chi connectivity index (χ3n) is 2.61. The summed E-state index contributed by atoms with van der Waals surface area (Å²) >= 11 is 1.61. The van der Waals surface area contributed by atoms with Crippen molar-refractivity contribution < 1.29 is 5.11 Å². The number of aliphatic hydroxyl groups is 1. The van der Waals surface area contributed by atoms with E-state index in [1.807, 2.05) is 12.3 Å². The predicted molar refractivity (Wildman–Crippen MR) is 72.4 cm³/mol. The van der Waals surface area contributed by atoms with Gasteiger partial charge in [0.1, 0.15) is 17.2 Å². The van der Waals surface area contributed by atoms with E-state index in [9.17, 15) is 0 Å². The third-order valence-corrected chi connectivity index (χ3v) is 3.25. The first-order chi connectivity index (χ1) is 8.07. The molecule has 0 aromatic carbocycles. The highest BCUT2D eigenvalue weighted by molar-refractivity contribution is 7.98. The molecule has 96 valence electrons. The lowest BCUT2D eigenvalue weighted by Gasteiger charge is -2.24. The molecule has 17 heavy (non-hydrogen) atoms. The number of rotatable bonds is 7. The van der Waals surface area contributed by atoms with Gasteiger partial charge in [-0.05, 0) is 24.5 Å². The van der Waals surface area contributed by atoms with Crippen molar-refractivity contribution >= 4 is 17.6 Å². The summed E-state index contributed by atoms with van der Waals surface area (Å²) in [6.07, 6.45) is 5.41. The maximum Gasteiger partial charge on any atom is 0.130 e. The van der Waals surface area contributed by atoms with Gasteiger partial charge in [0, 0.05) is 19.2 Å². The molecule has 1 heterocycles. The Kier molecular flexibility index (Phi) is 5.71. The van der Waals surface area contributed by atoms with Crippen LogP contribution in [0.2, 0.25) is 0 Å². The van der Waals surface area contributed by atoms with E-state index >= 15 is 0 Å². The second-order valence-corrected chi connectivity index (χ2v) is 5.62. The molecule has 1 aromatic rings. The summed E-state index contributed by atoms with van der Waals surface area (Å²) in [6.45, 7) is 5.48. The molecule has 0 saturated heterocycles. The van der Waals surface area contributed by atoms with Crippen molar-refractivity contribution in [2.75, 3.05) is 24.7 Å². The first-order valence-corrected chi connectivity index (χ1v) is 7.00. The van der Waals surface area contributed by atoms with Crippen molar-refractivity contribution in [3.05, 3.63) is 12.4 Å². The molecule has 0 aliphatic rings. The van der Waals surface area contributed by atoms with Gasteiger partial charge in [0.15, 0.2) is 0 Å². The van der Waals surface area contributed by atoms with Gasteiger partial charge in [-0.15, -0.1) is 11.8 Å². The average Bonchev–Trinajstić information content (AvgIpc) is 2.34. The zero-order valence-electron chi connectivity index (χ0n) is 10.7. The van der Waals surface area contributed by atoms with Gasteiger partial charge in [-0.2, -0.15) is 0 Å². The lowest BCUT2D eigenvalue weighted by atomic mass is 9.88. The minimum absolute atomic E-state index is 0.160. The summed E-state index contributed by atoms with van der Waals surface area (Å²) in [6, 6.07) is 1.95. The van der Waals surface area contributed by atoms with E-state index in [1.54, 1.807) is 18.1 Å². The minimum atomic E-state index is 0.160. The first kappa shape index (κ1) is 14.3. The maximum absolute atomic E-state index is 8.84. The number of aromatic nitrogens is 2. The Morgan fingerprint density at radius 2 is 2.18 bits per heavy atom. The Labute approximate surface area is 107 Å². The molecular weight excluding hydrogens is 234 g/mol. The lowest BCUT2D eigenvalue weighted by Crippen LogP contribution is -2.23. The van der Waals surface area contributed by atoms with Crippen LogP contribution in [0.25, 0.3) is 0 Å². The van der Waals surface area contributed by atoms with E-state index in [4.69, 9.17) is 5.11 Å². The fourth-order valence-corrected chi connectivity index (χ4v) is 1.91. The smallest absolute Gasteiger partial charge is 0.130 e. The van der Waals surface area contributed by atoms with Crippen molar-refractivity contribution in [3.8, 4) is 0 Å². The topological polar surface area (TPSA) is 58.0 Å². The van der Waals surface area contributed by atoms with Crippen LogP contribution >= 0.6 is 11.8 Å². The molecule has 0 atom stereocenters. The largest absolute Gasteiger partial charge is 0.396 e. The SMILES string of the molecule is CSc1cc(NCC(C)(C)CCCO)ncn1. The molecule has 0 radical (unpaired) electrons. The zero-order valence-corrected chi connectivity index (χ0v) is 11.5. The number of hydrogen-bond donors (Lipinski definition) is 2. The van der Waals surface area contributed by atoms with Gasteiger partial charge in [-0.1, -0.05) is 13.8 Å². The molecule has 0 amide bonds. The van der Waals surface area contributed by atoms with E-state index < -0.39 is 0 Å². The number of nitrogens with zero attached hydrogens (tertiary/aromatic N) is 2. The van der Waals surface area contributed by atoms with Gasteiger partial charge < -0.3 is 10.4 Å². The molecule has 0 aliphatic carbocycles. The Bertz CT molecular complexity index is 344. The van der Waals surface area contributed by atoms with Gasteiger partial charge in [-0.25, -0.2) is 9.97 Å². The molecule has 0 unspecified atom stereocenters. The number of hydrogen-bond acceptors (Lipinski definition) is 5. The standard InChI is InChI=1S/C12H21N3OS/c1-12(2,5-4-6-16)8-13-10-7-11(17-3)15-9-14-10/h7,9,16H,4-6,8H2,1-3H3,(H,13,14,15). The second-order valence-electron chi connectivity index (χ2n) is 4.79. The van der Waals surface area contributed by atoms with Gasteiger partial charge >= 0.3 is 0 Å². The van der Waals surface area contributed by atoms with E-state index in [0.29, 0.717) is 0 Å². The van der Waals surface area contributed by atoms with Crippen molar-refractivity contribution in [2.24, 2.45) is 5.41 Å². The summed E-state index contributed by atoms with van der Waals surface area (Å²) in [4.78, 5) is 8.32. The Morgan fingerprint density at radius 3 is 2.82 bits per heavy atom. The van der Waals surface area contributed by atoms with Crippen LogP contribution in [0.4, 0.5) is 5.82 Å². The summed E-state index contributed by atoms with van der Waals surface area (Å²) < 4.78 is 0. The van der Waals surface area contributed by atoms with Crippen molar-refractivity contribution in [1.29, 1.82) is 0 Å². The Morgan fingerprint density at radius 1 is 1.41 bits per heavy atom. The highest BCUT2D eigenvalue weighted by Gasteiger charge is 2.17. The lowest BCUT2D eigenvalue weighted by molar-refractivity contribution is 0.248. The summed E-state index contributed by atoms with van der Waals surface area (Å²) in [5, 5.41) is 13.1. The van der Waals surface area contributed by atoms with Gasteiger partial charge in [-0.3, -0.25) is 0 Å². The predicted octanol–water partition coefficient (Wildman–Crippen LogP) is 2.41. The Hall–Kier alpha value is -0.810. The molecule has 2 N–H and O–H groups in total. The van der Waals surface area contributed by atoms with Gasteiger partial charge in [0.2, 0.25) is 0 Å². The number of thioether (sulfide) groups is 1. The fourth-order valence-electron chi connectivity index (χ4n) is 1.52. The number of aliphatic hydroxyl groups excluding tert-OH is 1. The maximum atomic E-state index is 8.84. The molecule has 0 saturated carbocycles. The minimum Gasteiger partial charge on any atom is -0.396 e. The first-order valence-electron chi connectivity index (χ1n) is 5.78. The highest BCUT2D eigenvalue weighted by Crippen LogP contribution is 2.23. The highest BCUT2D eigenvalue weighted by atomic mass is 32.2. The van der Waals surface area contributed by atoms with E-state index in [1.165, 1.54) is 0 Å². The number of nitrogens with one attached hydrogen (secondary N) is 1. The van der Waals surface area contributed by atoms with Gasteiger partial charge in [0.25, 0.3) is 0 Å². The van der Waals surface area contributed by atoms with Crippen LogP contribution in [0.5, 0.6) is 0 Å². The zero-order chi connectivity index (χ0) is 12.7. The van der Waals surface area contributed by atoms with Crippen LogP contribution in [-0.4, -0.2) is 34.5 Å². The molecule has 0 fully saturated rings. The van der Waals surface area contributed by atoms with Crippen LogP contribution in [0.1, 0.15) is 26.7 Å². The second kappa shape index (κ2) is 6.81. The van der Waals surface area contributed by atoms with Crippen molar-refractivity contribution in [1.82, 2.24) is 9.97 Å². The van der Waals surface area contributed by atoms with Crippen LogP contribution in [0.3, 0.4) is 0 Å². The monoisotopic (exact) mass is 255 g/mol. The third kappa shape index (κ3) is 5.37. The van der Waals surface area contributed by atoms with Crippen molar-refractivity contribution in [2.45, 2.75) is 31.7 Å². The molecule has 5 heteroatoms. The molecular formula is C12H21N3OS. The molecule has 1 rings (SSSR count). The molecule has 4 nitrogen and oxygen atoms in total. The van der Waals surface area contributed by atoms with E-state index in [-0.39, 0.29) is 12.0 Å². The quantitative estimate of drug-likeness (QED) is 0.579. The van der Waals surface area contributed by atoms with Crippen molar-refractivity contribution in [3.63, 3.8) is 0 Å². The Balaban J connectivity index is 2.48. The van der Waals surface area contributed by atoms with Gasteiger partial charge in [0.05, 0.1) is 0 Å². The van der Waals surface area contributed by atoms with E-state index in [2.05, 4.69) is 29.1 Å². The van der Waals surface area contributed by atoms with E-state index in [0.717, 1.165) is 30.2 Å². The molecule has 0 aliphatic heterocycles. The summed E-state index contributed by atoms with van der Waals surface area (Å²) in [5.41, 5.74) is 0.160. The number of anilines is 1. The average molecular weight is 255 g/mol. The molecule has 1 aromatic heterocycles. The molecule has 0 bridgehead atoms. The van der Waals surface area contributed by atoms with Crippen LogP contribution < -0.4 is 5.32 Å². The van der Waals surface area contributed by atoms with Crippen LogP contribution in [0, 0.1) is 5.41 Å². The van der Waals surface area contributed by atoms with Crippen LogP contribution in [-0.2, 0) is 0 Å². The summed E-state index contributed by atoms with van der Waals surface area (Å²) in [7, 11) is 0. The molecule has 0 spiro atoms. The normalized spacial score (nSPS) is 11.5. The van der Waals surface area contributed by atoms with Crippen LogP contribution in [0.15, 0.2) is 17.4 Å². The fraction of sp³-hybridized carbons (Fsp3) is 0.667. The summed E-state index contributed by atoms with van der Waals surface area (Å²) in [5.74, 6) is 0.862.